The molecule has 2 heterocycles. The van der Waals surface area contributed by atoms with E-state index in [0.717, 1.165) is 26.8 Å². The Morgan fingerprint density at radius 1 is 0.926 bits per heavy atom. The maximum atomic E-state index is 14.7. The van der Waals surface area contributed by atoms with Gasteiger partial charge in [0.05, 0.1) is 17.1 Å². The molecule has 1 aromatic heterocycles. The minimum atomic E-state index is -0.284. The number of imidazole rings is 1. The smallest absolute Gasteiger partial charge is 0.209 e. The maximum absolute atomic E-state index is 14.7. The van der Waals surface area contributed by atoms with Crippen LogP contribution in [0.5, 0.6) is 0 Å². The molecule has 1 aliphatic heterocycles. The van der Waals surface area contributed by atoms with E-state index in [9.17, 15) is 4.39 Å². The predicted molar refractivity (Wildman–Crippen MR) is 110 cm³/mol. The lowest BCUT2D eigenvalue weighted by Gasteiger charge is -2.27. The molecule has 0 radical (unpaired) electrons. The molecule has 4 aromatic rings. The van der Waals surface area contributed by atoms with Crippen molar-refractivity contribution < 1.29 is 4.39 Å². The van der Waals surface area contributed by atoms with Crippen LogP contribution in [0.1, 0.15) is 17.2 Å². The lowest BCUT2D eigenvalue weighted by molar-refractivity contribution is 0.583. The molecule has 1 N–H and O–H groups in total. The summed E-state index contributed by atoms with van der Waals surface area (Å²) in [5.74, 6) is 0.490. The van der Waals surface area contributed by atoms with Crippen LogP contribution in [0.25, 0.3) is 16.7 Å². The van der Waals surface area contributed by atoms with E-state index in [1.807, 2.05) is 60.7 Å². The fourth-order valence-electron chi connectivity index (χ4n) is 3.55. The second-order valence-corrected chi connectivity index (χ2v) is 7.39. The molecule has 0 amide bonds. The number of fused-ring (bicyclic) bond motifs is 3. The van der Waals surface area contributed by atoms with Gasteiger partial charge in [-0.2, -0.15) is 0 Å². The van der Waals surface area contributed by atoms with Crippen molar-refractivity contribution in [1.82, 2.24) is 9.55 Å². The average Bonchev–Trinajstić information content (AvgIpc) is 3.07. The number of para-hydroxylation sites is 2. The van der Waals surface area contributed by atoms with Gasteiger partial charge in [-0.15, -0.1) is 0 Å². The zero-order valence-electron chi connectivity index (χ0n) is 14.2. The molecule has 0 fully saturated rings. The summed E-state index contributed by atoms with van der Waals surface area (Å²) in [6.45, 7) is 0. The third-order valence-electron chi connectivity index (χ3n) is 4.82. The first-order chi connectivity index (χ1) is 13.2. The van der Waals surface area contributed by atoms with Crippen LogP contribution in [0.4, 0.5) is 10.3 Å². The van der Waals surface area contributed by atoms with Crippen molar-refractivity contribution in [3.8, 4) is 0 Å². The highest BCUT2D eigenvalue weighted by Crippen LogP contribution is 2.37. The molecule has 132 valence electrons. The average molecular weight is 420 g/mol. The fourth-order valence-corrected chi connectivity index (χ4v) is 3.81. The summed E-state index contributed by atoms with van der Waals surface area (Å²) in [5.41, 5.74) is 4.42. The molecule has 0 saturated heterocycles. The maximum Gasteiger partial charge on any atom is 0.209 e. The van der Waals surface area contributed by atoms with Gasteiger partial charge in [-0.1, -0.05) is 58.4 Å². The van der Waals surface area contributed by atoms with Crippen LogP contribution in [-0.4, -0.2) is 9.55 Å². The van der Waals surface area contributed by atoms with Crippen molar-refractivity contribution in [3.05, 3.63) is 100 Å². The summed E-state index contributed by atoms with van der Waals surface area (Å²) in [7, 11) is 0. The van der Waals surface area contributed by atoms with E-state index in [1.54, 1.807) is 6.07 Å². The Kier molecular flexibility index (Phi) is 3.83. The predicted octanol–water partition coefficient (Wildman–Crippen LogP) is 5.99. The normalized spacial score (nSPS) is 15.9. The number of rotatable bonds is 2. The Labute approximate surface area is 164 Å². The third kappa shape index (κ3) is 2.75. The van der Waals surface area contributed by atoms with Crippen LogP contribution >= 0.6 is 15.9 Å². The van der Waals surface area contributed by atoms with Gasteiger partial charge in [0.1, 0.15) is 5.82 Å². The van der Waals surface area contributed by atoms with Crippen LogP contribution < -0.4 is 5.32 Å². The number of allylic oxidation sites excluding steroid dienone is 1. The van der Waals surface area contributed by atoms with Gasteiger partial charge in [-0.3, -0.25) is 4.57 Å². The van der Waals surface area contributed by atoms with E-state index < -0.39 is 0 Å². The zero-order valence-corrected chi connectivity index (χ0v) is 15.8. The summed E-state index contributed by atoms with van der Waals surface area (Å²) in [5, 5.41) is 3.42. The Hall–Kier alpha value is -2.92. The number of aromatic nitrogens is 2. The molecule has 0 aliphatic carbocycles. The first-order valence-corrected chi connectivity index (χ1v) is 9.46. The van der Waals surface area contributed by atoms with Crippen LogP contribution in [0.3, 0.4) is 0 Å². The van der Waals surface area contributed by atoms with Gasteiger partial charge < -0.3 is 5.32 Å². The topological polar surface area (TPSA) is 29.9 Å². The minimum absolute atomic E-state index is 0.223. The highest BCUT2D eigenvalue weighted by Gasteiger charge is 2.26. The van der Waals surface area contributed by atoms with Gasteiger partial charge in [0.2, 0.25) is 5.95 Å². The van der Waals surface area contributed by atoms with Gasteiger partial charge in [0.25, 0.3) is 0 Å². The zero-order chi connectivity index (χ0) is 18.4. The first-order valence-electron chi connectivity index (χ1n) is 8.67. The van der Waals surface area contributed by atoms with Crippen LogP contribution in [0, 0.1) is 5.82 Å². The van der Waals surface area contributed by atoms with Crippen LogP contribution in [0.15, 0.2) is 83.3 Å². The molecule has 3 nitrogen and oxygen atoms in total. The van der Waals surface area contributed by atoms with E-state index in [-0.39, 0.29) is 11.9 Å². The van der Waals surface area contributed by atoms with E-state index in [4.69, 9.17) is 4.98 Å². The summed E-state index contributed by atoms with van der Waals surface area (Å²) >= 11 is 3.47. The van der Waals surface area contributed by atoms with Crippen molar-refractivity contribution in [3.63, 3.8) is 0 Å². The SMILES string of the molecule is Fc1ccccc1C1C=C(c2ccc(Br)cc2)Nc2nc3ccccc3n21. The van der Waals surface area contributed by atoms with Gasteiger partial charge in [-0.25, -0.2) is 9.37 Å². The number of hydrogen-bond donors (Lipinski definition) is 1. The second-order valence-electron chi connectivity index (χ2n) is 6.47. The van der Waals surface area contributed by atoms with Crippen molar-refractivity contribution in [1.29, 1.82) is 0 Å². The first kappa shape index (κ1) is 16.3. The van der Waals surface area contributed by atoms with E-state index in [2.05, 4.69) is 31.9 Å². The molecule has 0 bridgehead atoms. The Morgan fingerprint density at radius 2 is 1.67 bits per heavy atom. The van der Waals surface area contributed by atoms with E-state index in [0.29, 0.717) is 11.5 Å². The number of anilines is 1. The second kappa shape index (κ2) is 6.35. The van der Waals surface area contributed by atoms with Crippen molar-refractivity contribution in [2.45, 2.75) is 6.04 Å². The standard InChI is InChI=1S/C22H15BrFN3/c23-15-11-9-14(10-12-15)19-13-21(16-5-1-2-6-17(16)24)27-20-8-4-3-7-18(20)25-22(27)26-19/h1-13,21H,(H,25,26). The molecular weight excluding hydrogens is 405 g/mol. The van der Waals surface area contributed by atoms with Crippen molar-refractivity contribution >= 4 is 38.6 Å². The highest BCUT2D eigenvalue weighted by molar-refractivity contribution is 9.10. The molecule has 1 aliphatic rings. The molecule has 27 heavy (non-hydrogen) atoms. The lowest BCUT2D eigenvalue weighted by atomic mass is 10.0. The van der Waals surface area contributed by atoms with E-state index in [1.165, 1.54) is 6.07 Å². The van der Waals surface area contributed by atoms with Crippen LogP contribution in [0.2, 0.25) is 0 Å². The largest absolute Gasteiger partial charge is 0.325 e. The molecule has 3 aromatic carbocycles. The van der Waals surface area contributed by atoms with Crippen molar-refractivity contribution in [2.24, 2.45) is 0 Å². The lowest BCUT2D eigenvalue weighted by Crippen LogP contribution is -2.19. The molecule has 0 spiro atoms. The Morgan fingerprint density at radius 3 is 2.48 bits per heavy atom. The number of halogens is 2. The number of nitrogens with zero attached hydrogens (tertiary/aromatic N) is 2. The number of benzene rings is 3. The minimum Gasteiger partial charge on any atom is -0.325 e. The quantitative estimate of drug-likeness (QED) is 0.432. The van der Waals surface area contributed by atoms with Crippen LogP contribution in [-0.2, 0) is 0 Å². The molecule has 5 heteroatoms. The van der Waals surface area contributed by atoms with Gasteiger partial charge in [0, 0.05) is 15.7 Å². The Balaban J connectivity index is 1.74. The van der Waals surface area contributed by atoms with Gasteiger partial charge >= 0.3 is 0 Å². The molecule has 1 unspecified atom stereocenters. The molecular formula is C22H15BrFN3. The monoisotopic (exact) mass is 419 g/mol. The summed E-state index contributed by atoms with van der Waals surface area (Å²) < 4.78 is 17.7. The summed E-state index contributed by atoms with van der Waals surface area (Å²) in [4.78, 5) is 4.73. The van der Waals surface area contributed by atoms with E-state index >= 15 is 0 Å². The van der Waals surface area contributed by atoms with Gasteiger partial charge in [0.15, 0.2) is 0 Å². The highest BCUT2D eigenvalue weighted by atomic mass is 79.9. The third-order valence-corrected chi connectivity index (χ3v) is 5.35. The number of nitrogens with one attached hydrogen (secondary N) is 1. The number of hydrogen-bond acceptors (Lipinski definition) is 2. The molecule has 0 saturated carbocycles. The molecule has 5 rings (SSSR count). The Bertz CT molecular complexity index is 1180. The summed E-state index contributed by atoms with van der Waals surface area (Å²) in [6.07, 6.45) is 2.06. The summed E-state index contributed by atoms with van der Waals surface area (Å²) in [6, 6.07) is 22.6. The molecule has 1 atom stereocenters. The van der Waals surface area contributed by atoms with Gasteiger partial charge in [-0.05, 0) is 42.0 Å². The van der Waals surface area contributed by atoms with Crippen molar-refractivity contribution in [2.75, 3.05) is 5.32 Å². The fraction of sp³-hybridized carbons (Fsp3) is 0.0455.